The Morgan fingerprint density at radius 1 is 1.28 bits per heavy atom. The quantitative estimate of drug-likeness (QED) is 0.257. The number of halogens is 2. The first-order valence-corrected chi connectivity index (χ1v) is 10.9. The molecule has 1 atom stereocenters. The molecule has 1 aromatic carbocycles. The van der Waals surface area contributed by atoms with Crippen LogP contribution >= 0.6 is 35.6 Å². The highest BCUT2D eigenvalue weighted by atomic mass is 127. The lowest BCUT2D eigenvalue weighted by Crippen LogP contribution is -2.44. The third kappa shape index (κ3) is 6.13. The van der Waals surface area contributed by atoms with Gasteiger partial charge in [-0.2, -0.15) is 0 Å². The number of benzene rings is 1. The van der Waals surface area contributed by atoms with E-state index in [1.165, 1.54) is 5.56 Å². The van der Waals surface area contributed by atoms with E-state index in [9.17, 15) is 0 Å². The molecule has 2 aromatic heterocycles. The zero-order valence-corrected chi connectivity index (χ0v) is 21.3. The summed E-state index contributed by atoms with van der Waals surface area (Å²) in [6.45, 7) is 7.05. The first-order valence-electron chi connectivity index (χ1n) is 10.5. The van der Waals surface area contributed by atoms with Crippen LogP contribution in [0, 0.1) is 6.92 Å². The Morgan fingerprint density at radius 3 is 2.84 bits per heavy atom. The predicted molar refractivity (Wildman–Crippen MR) is 140 cm³/mol. The summed E-state index contributed by atoms with van der Waals surface area (Å²) in [6.07, 6.45) is 4.43. The lowest BCUT2D eigenvalue weighted by atomic mass is 10.1. The molecule has 9 heteroatoms. The van der Waals surface area contributed by atoms with Gasteiger partial charge in [0.1, 0.15) is 17.8 Å². The second-order valence-electron chi connectivity index (χ2n) is 7.59. The van der Waals surface area contributed by atoms with Gasteiger partial charge in [0.25, 0.3) is 0 Å². The van der Waals surface area contributed by atoms with Crippen molar-refractivity contribution in [2.24, 2.45) is 4.99 Å². The van der Waals surface area contributed by atoms with Crippen molar-refractivity contribution in [3.8, 4) is 11.5 Å². The summed E-state index contributed by atoms with van der Waals surface area (Å²) in [5.41, 5.74) is 2.96. The normalized spacial score (nSPS) is 16.0. The second-order valence-corrected chi connectivity index (χ2v) is 8.00. The van der Waals surface area contributed by atoms with Crippen molar-refractivity contribution >= 4 is 47.4 Å². The summed E-state index contributed by atoms with van der Waals surface area (Å²) in [4.78, 5) is 15.9. The number of guanidine groups is 1. The third-order valence-corrected chi connectivity index (χ3v) is 5.46. The van der Waals surface area contributed by atoms with Crippen molar-refractivity contribution < 1.29 is 4.42 Å². The Labute approximate surface area is 210 Å². The van der Waals surface area contributed by atoms with Gasteiger partial charge >= 0.3 is 0 Å². The van der Waals surface area contributed by atoms with Crippen molar-refractivity contribution in [2.45, 2.75) is 32.9 Å². The predicted octanol–water partition coefficient (Wildman–Crippen LogP) is 4.65. The molecule has 7 nitrogen and oxygen atoms in total. The molecule has 0 aliphatic carbocycles. The fourth-order valence-corrected chi connectivity index (χ4v) is 3.80. The summed E-state index contributed by atoms with van der Waals surface area (Å²) in [6, 6.07) is 12.1. The van der Waals surface area contributed by atoms with Crippen molar-refractivity contribution in [3.05, 3.63) is 65.1 Å². The average Bonchev–Trinajstić information content (AvgIpc) is 3.43. The van der Waals surface area contributed by atoms with Gasteiger partial charge < -0.3 is 20.0 Å². The molecule has 3 heterocycles. The monoisotopic (exact) mass is 566 g/mol. The van der Waals surface area contributed by atoms with Crippen LogP contribution in [-0.4, -0.2) is 41.6 Å². The Hall–Kier alpha value is -2.33. The van der Waals surface area contributed by atoms with Crippen molar-refractivity contribution in [1.29, 1.82) is 0 Å². The van der Waals surface area contributed by atoms with E-state index in [1.807, 2.05) is 36.4 Å². The first-order chi connectivity index (χ1) is 15.1. The molecule has 1 aliphatic rings. The zero-order chi connectivity index (χ0) is 21.6. The van der Waals surface area contributed by atoms with Crippen LogP contribution < -0.4 is 15.5 Å². The van der Waals surface area contributed by atoms with Gasteiger partial charge in [-0.25, -0.2) is 15.0 Å². The van der Waals surface area contributed by atoms with Crippen LogP contribution in [0.2, 0.25) is 5.02 Å². The molecule has 0 radical (unpaired) electrons. The topological polar surface area (TPSA) is 78.6 Å². The molecule has 0 amide bonds. The SMILES string of the molecule is CCNC(=NCc1coc(-c2ccc(C)cc2)n1)NC1CCN(c2ncccc2Cl)C1.I. The standard InChI is InChI=1S/C23H27ClN6O.HI/c1-3-25-23(29-18-10-12-30(14-18)21-20(24)5-4-11-26-21)27-13-19-15-31-22(28-19)17-8-6-16(2)7-9-17;/h4-9,11,15,18H,3,10,12-14H2,1-2H3,(H2,25,27,29);1H. The van der Waals surface area contributed by atoms with Crippen LogP contribution in [-0.2, 0) is 6.54 Å². The summed E-state index contributed by atoms with van der Waals surface area (Å²) >= 11 is 6.30. The molecule has 1 aliphatic heterocycles. The number of aliphatic imine (C=N–C) groups is 1. The van der Waals surface area contributed by atoms with Gasteiger partial charge in [0.05, 0.1) is 11.6 Å². The highest BCUT2D eigenvalue weighted by molar-refractivity contribution is 14.0. The molecule has 0 saturated carbocycles. The maximum absolute atomic E-state index is 6.30. The van der Waals surface area contributed by atoms with E-state index >= 15 is 0 Å². The summed E-state index contributed by atoms with van der Waals surface area (Å²) in [5, 5.41) is 7.51. The maximum atomic E-state index is 6.30. The molecule has 0 spiro atoms. The zero-order valence-electron chi connectivity index (χ0n) is 18.2. The number of anilines is 1. The van der Waals surface area contributed by atoms with Gasteiger partial charge in [-0.3, -0.25) is 0 Å². The summed E-state index contributed by atoms with van der Waals surface area (Å²) in [5.74, 6) is 2.21. The number of pyridine rings is 1. The molecular formula is C23H28ClIN6O. The van der Waals surface area contributed by atoms with Crippen LogP contribution in [0.4, 0.5) is 5.82 Å². The third-order valence-electron chi connectivity index (χ3n) is 5.16. The van der Waals surface area contributed by atoms with Crippen LogP contribution in [0.3, 0.4) is 0 Å². The molecular weight excluding hydrogens is 539 g/mol. The molecule has 1 saturated heterocycles. The van der Waals surface area contributed by atoms with E-state index in [4.69, 9.17) is 21.0 Å². The van der Waals surface area contributed by atoms with E-state index in [0.717, 1.165) is 49.1 Å². The number of oxazole rings is 1. The number of aryl methyl sites for hydroxylation is 1. The maximum Gasteiger partial charge on any atom is 0.226 e. The van der Waals surface area contributed by atoms with E-state index < -0.39 is 0 Å². The fraction of sp³-hybridized carbons (Fsp3) is 0.348. The lowest BCUT2D eigenvalue weighted by molar-refractivity contribution is 0.572. The molecule has 1 unspecified atom stereocenters. The minimum absolute atomic E-state index is 0. The molecule has 32 heavy (non-hydrogen) atoms. The Balaban J connectivity index is 0.00000289. The second kappa shape index (κ2) is 11.5. The van der Waals surface area contributed by atoms with Crippen molar-refractivity contribution in [3.63, 3.8) is 0 Å². The Morgan fingerprint density at radius 2 is 2.09 bits per heavy atom. The number of nitrogens with zero attached hydrogens (tertiary/aromatic N) is 4. The van der Waals surface area contributed by atoms with Gasteiger partial charge in [0.2, 0.25) is 5.89 Å². The van der Waals surface area contributed by atoms with Crippen LogP contribution in [0.25, 0.3) is 11.5 Å². The minimum Gasteiger partial charge on any atom is -0.444 e. The Kier molecular flexibility index (Phi) is 8.75. The Bertz CT molecular complexity index is 1040. The van der Waals surface area contributed by atoms with E-state index in [1.54, 1.807) is 12.5 Å². The first kappa shape index (κ1) is 24.3. The van der Waals surface area contributed by atoms with Crippen LogP contribution in [0.15, 0.2) is 58.3 Å². The highest BCUT2D eigenvalue weighted by Gasteiger charge is 2.25. The minimum atomic E-state index is 0. The number of nitrogens with one attached hydrogen (secondary N) is 2. The van der Waals surface area contributed by atoms with Gasteiger partial charge in [-0.05, 0) is 44.5 Å². The van der Waals surface area contributed by atoms with E-state index in [0.29, 0.717) is 17.5 Å². The number of hydrogen-bond donors (Lipinski definition) is 2. The van der Waals surface area contributed by atoms with Crippen LogP contribution in [0.5, 0.6) is 0 Å². The molecule has 1 fully saturated rings. The van der Waals surface area contributed by atoms with Gasteiger partial charge in [0.15, 0.2) is 5.96 Å². The molecule has 2 N–H and O–H groups in total. The number of rotatable bonds is 6. The smallest absolute Gasteiger partial charge is 0.226 e. The number of hydrogen-bond acceptors (Lipinski definition) is 5. The number of aromatic nitrogens is 2. The average molecular weight is 567 g/mol. The molecule has 3 aromatic rings. The van der Waals surface area contributed by atoms with Crippen molar-refractivity contribution in [1.82, 2.24) is 20.6 Å². The summed E-state index contributed by atoms with van der Waals surface area (Å²) in [7, 11) is 0. The lowest BCUT2D eigenvalue weighted by Gasteiger charge is -2.20. The van der Waals surface area contributed by atoms with Crippen molar-refractivity contribution in [2.75, 3.05) is 24.5 Å². The molecule has 0 bridgehead atoms. The fourth-order valence-electron chi connectivity index (χ4n) is 3.56. The highest BCUT2D eigenvalue weighted by Crippen LogP contribution is 2.25. The van der Waals surface area contributed by atoms with E-state index in [2.05, 4.69) is 39.3 Å². The van der Waals surface area contributed by atoms with Gasteiger partial charge in [-0.15, -0.1) is 24.0 Å². The van der Waals surface area contributed by atoms with Gasteiger partial charge in [0, 0.05) is 37.4 Å². The van der Waals surface area contributed by atoms with E-state index in [-0.39, 0.29) is 30.0 Å². The van der Waals surface area contributed by atoms with Crippen LogP contribution in [0.1, 0.15) is 24.6 Å². The van der Waals surface area contributed by atoms with Gasteiger partial charge in [-0.1, -0.05) is 29.3 Å². The largest absolute Gasteiger partial charge is 0.444 e. The summed E-state index contributed by atoms with van der Waals surface area (Å²) < 4.78 is 5.64. The molecule has 4 rings (SSSR count). The molecule has 170 valence electrons.